The average Bonchev–Trinajstić information content (AvgIpc) is 4.04. The minimum absolute atomic E-state index is 0.00753. The van der Waals surface area contributed by atoms with E-state index in [1.54, 1.807) is 17.2 Å². The molecule has 6 aliphatic heterocycles. The van der Waals surface area contributed by atoms with E-state index in [-0.39, 0.29) is 42.3 Å². The second-order valence-electron chi connectivity index (χ2n) is 19.5. The molecule has 3 N–H and O–H groups in total. The zero-order valence-corrected chi connectivity index (χ0v) is 38.4. The molecule has 5 fully saturated rings. The Bertz CT molecular complexity index is 3010. The highest BCUT2D eigenvalue weighted by atomic mass is 32.2. The lowest BCUT2D eigenvalue weighted by atomic mass is 9.66. The predicted octanol–water partition coefficient (Wildman–Crippen LogP) is 6.61. The summed E-state index contributed by atoms with van der Waals surface area (Å²) in [7, 11) is -4.35. The van der Waals surface area contributed by atoms with E-state index in [1.165, 1.54) is 6.20 Å². The summed E-state index contributed by atoms with van der Waals surface area (Å²) in [6, 6.07) is 17.7. The molecule has 8 heterocycles. The first-order chi connectivity index (χ1) is 32.6. The fourth-order valence-corrected chi connectivity index (χ4v) is 12.5. The highest BCUT2D eigenvalue weighted by Gasteiger charge is 2.57. The zero-order chi connectivity index (χ0) is 47.2. The molecule has 5 saturated heterocycles. The number of nitrogens with zero attached hydrogens (tertiary/aromatic N) is 6. The van der Waals surface area contributed by atoms with Crippen LogP contribution in [0.15, 0.2) is 85.3 Å². The number of nitrogens with one attached hydrogen (secondary N) is 3. The van der Waals surface area contributed by atoms with Crippen LogP contribution in [-0.4, -0.2) is 121 Å². The SMILES string of the molecule is C=C1CCC(N2Cc3cc(N4CCC(CN5CC6(CN(c7ccc(-c8cnc9[nH]cc(C(=O)c%10c(F)ccc(NS(=O)(=O)N%11CC[C@@H](F)C%11)c%10F)c9c8)cc7)C6)[C@@H]5C)CC4)ccc3C2=O)C(=O)N1. The van der Waals surface area contributed by atoms with Crippen LogP contribution in [0, 0.1) is 23.0 Å². The molecule has 68 heavy (non-hydrogen) atoms. The monoisotopic (exact) mass is 947 g/mol. The van der Waals surface area contributed by atoms with Gasteiger partial charge in [-0.05, 0) is 105 Å². The largest absolute Gasteiger partial charge is 0.372 e. The Labute approximate surface area is 392 Å². The first-order valence-corrected chi connectivity index (χ1v) is 24.8. The second kappa shape index (κ2) is 16.8. The number of fused-ring (bicyclic) bond motifs is 2. The van der Waals surface area contributed by atoms with E-state index in [0.717, 1.165) is 91.0 Å². The van der Waals surface area contributed by atoms with Gasteiger partial charge < -0.3 is 25.0 Å². The smallest absolute Gasteiger partial charge is 0.301 e. The van der Waals surface area contributed by atoms with E-state index in [1.807, 2.05) is 18.2 Å². The molecule has 14 nitrogen and oxygen atoms in total. The lowest BCUT2D eigenvalue weighted by Gasteiger charge is -2.66. The molecule has 5 aromatic rings. The normalized spacial score (nSPS) is 23.3. The van der Waals surface area contributed by atoms with Gasteiger partial charge in [0.05, 0.1) is 11.3 Å². The summed E-state index contributed by atoms with van der Waals surface area (Å²) in [4.78, 5) is 56.2. The quantitative estimate of drug-likeness (QED) is 0.124. The lowest BCUT2D eigenvalue weighted by Crippen LogP contribution is -2.77. The van der Waals surface area contributed by atoms with Crippen molar-refractivity contribution in [2.45, 2.75) is 63.8 Å². The fraction of sp³-hybridized carbons (Fsp3) is 0.400. The molecule has 3 atom stereocenters. The summed E-state index contributed by atoms with van der Waals surface area (Å²) in [5.74, 6) is -3.14. The highest BCUT2D eigenvalue weighted by Crippen LogP contribution is 2.48. The van der Waals surface area contributed by atoms with Crippen LogP contribution in [0.2, 0.25) is 0 Å². The van der Waals surface area contributed by atoms with Crippen LogP contribution in [0.4, 0.5) is 30.2 Å². The third-order valence-electron chi connectivity index (χ3n) is 15.4. The van der Waals surface area contributed by atoms with Crippen LogP contribution in [0.5, 0.6) is 0 Å². The molecule has 0 aliphatic carbocycles. The second-order valence-corrected chi connectivity index (χ2v) is 21.2. The van der Waals surface area contributed by atoms with Crippen LogP contribution in [-0.2, 0) is 21.5 Å². The summed E-state index contributed by atoms with van der Waals surface area (Å²) in [6.45, 7) is 12.2. The number of rotatable bonds is 11. The summed E-state index contributed by atoms with van der Waals surface area (Å²) >= 11 is 0. The van der Waals surface area contributed by atoms with Crippen molar-refractivity contribution in [2.24, 2.45) is 11.3 Å². The summed E-state index contributed by atoms with van der Waals surface area (Å²) < 4.78 is 73.2. The minimum atomic E-state index is -4.35. The molecule has 2 amide bonds. The van der Waals surface area contributed by atoms with Crippen molar-refractivity contribution < 1.29 is 36.0 Å². The summed E-state index contributed by atoms with van der Waals surface area (Å²) in [6.07, 6.45) is 5.13. The molecule has 18 heteroatoms. The van der Waals surface area contributed by atoms with Crippen LogP contribution < -0.4 is 19.8 Å². The highest BCUT2D eigenvalue weighted by molar-refractivity contribution is 7.90. The molecule has 0 radical (unpaired) electrons. The molecular formula is C50H52F3N9O5S. The van der Waals surface area contributed by atoms with Gasteiger partial charge in [-0.2, -0.15) is 12.7 Å². The van der Waals surface area contributed by atoms with Gasteiger partial charge in [-0.3, -0.25) is 24.0 Å². The van der Waals surface area contributed by atoms with Crippen molar-refractivity contribution in [3.63, 3.8) is 0 Å². The number of anilines is 3. The molecule has 2 aromatic heterocycles. The molecule has 1 unspecified atom stereocenters. The van der Waals surface area contributed by atoms with Crippen molar-refractivity contribution in [3.05, 3.63) is 119 Å². The number of carbonyl (C=O) groups excluding carboxylic acids is 3. The summed E-state index contributed by atoms with van der Waals surface area (Å²) in [5, 5.41) is 3.16. The van der Waals surface area contributed by atoms with E-state index in [2.05, 4.69) is 72.5 Å². The number of ketones is 1. The molecular weight excluding hydrogens is 896 g/mol. The number of benzene rings is 3. The maximum absolute atomic E-state index is 15.8. The number of alkyl halides is 1. The molecule has 3 aromatic carbocycles. The zero-order valence-electron chi connectivity index (χ0n) is 37.6. The topological polar surface area (TPSA) is 154 Å². The number of likely N-dealkylation sites (tertiary alicyclic amines) is 1. The summed E-state index contributed by atoms with van der Waals surface area (Å²) in [5.41, 5.74) is 5.16. The third-order valence-corrected chi connectivity index (χ3v) is 16.9. The number of halogens is 3. The van der Waals surface area contributed by atoms with Gasteiger partial charge in [-0.15, -0.1) is 0 Å². The molecule has 6 aliphatic rings. The number of carbonyl (C=O) groups is 3. The average molecular weight is 948 g/mol. The van der Waals surface area contributed by atoms with Gasteiger partial charge >= 0.3 is 10.2 Å². The first-order valence-electron chi connectivity index (χ1n) is 23.3. The first kappa shape index (κ1) is 44.3. The van der Waals surface area contributed by atoms with Crippen LogP contribution in [0.1, 0.15) is 70.9 Å². The van der Waals surface area contributed by atoms with E-state index in [9.17, 15) is 27.2 Å². The predicted molar refractivity (Wildman–Crippen MR) is 252 cm³/mol. The van der Waals surface area contributed by atoms with Gasteiger partial charge in [0.2, 0.25) is 11.7 Å². The fourth-order valence-electron chi connectivity index (χ4n) is 11.3. The Morgan fingerprint density at radius 2 is 1.69 bits per heavy atom. The molecule has 11 rings (SSSR count). The number of aromatic nitrogens is 2. The van der Waals surface area contributed by atoms with Crippen molar-refractivity contribution in [2.75, 3.05) is 66.9 Å². The Morgan fingerprint density at radius 1 is 0.926 bits per heavy atom. The number of amides is 2. The lowest BCUT2D eigenvalue weighted by molar-refractivity contribution is -0.126. The van der Waals surface area contributed by atoms with Crippen molar-refractivity contribution in [1.29, 1.82) is 0 Å². The van der Waals surface area contributed by atoms with Crippen LogP contribution in [0.25, 0.3) is 22.2 Å². The van der Waals surface area contributed by atoms with Gasteiger partial charge in [0.25, 0.3) is 5.91 Å². The van der Waals surface area contributed by atoms with E-state index >= 15 is 8.78 Å². The van der Waals surface area contributed by atoms with Gasteiger partial charge in [-0.1, -0.05) is 18.7 Å². The van der Waals surface area contributed by atoms with Crippen molar-refractivity contribution >= 4 is 55.9 Å². The van der Waals surface area contributed by atoms with Gasteiger partial charge in [0.1, 0.15) is 23.7 Å². The Balaban J connectivity index is 0.681. The number of allylic oxidation sites excluding steroid dienone is 1. The number of hydrogen-bond acceptors (Lipinski definition) is 9. The van der Waals surface area contributed by atoms with Gasteiger partial charge in [-0.25, -0.2) is 18.2 Å². The van der Waals surface area contributed by atoms with Crippen molar-refractivity contribution in [1.82, 2.24) is 29.4 Å². The Kier molecular flexibility index (Phi) is 10.9. The maximum atomic E-state index is 15.8. The van der Waals surface area contributed by atoms with E-state index < -0.39 is 51.1 Å². The van der Waals surface area contributed by atoms with E-state index in [0.29, 0.717) is 59.2 Å². The van der Waals surface area contributed by atoms with Gasteiger partial charge in [0, 0.05) is 122 Å². The molecule has 1 spiro atoms. The number of pyridine rings is 1. The maximum Gasteiger partial charge on any atom is 0.301 e. The molecule has 0 saturated carbocycles. The Morgan fingerprint density at radius 3 is 2.41 bits per heavy atom. The van der Waals surface area contributed by atoms with Crippen molar-refractivity contribution in [3.8, 4) is 11.1 Å². The number of aromatic amines is 1. The van der Waals surface area contributed by atoms with Crippen LogP contribution >= 0.6 is 0 Å². The van der Waals surface area contributed by atoms with E-state index in [4.69, 9.17) is 0 Å². The Hall–Kier alpha value is -6.24. The van der Waals surface area contributed by atoms with Gasteiger partial charge in [0.15, 0.2) is 5.82 Å². The third kappa shape index (κ3) is 7.69. The standard InChI is InChI=1S/C50H52F3N9O5S/c1-29-3-12-43(48(64)56-29)62-24-34-19-37(8-9-38(34)49(62)65)58-16-13-31(14-17-58)23-59-26-50(30(59)2)27-60(28-50)36-6-4-32(5-7-36)33-20-39-40(22-55-47(39)54-21-33)46(63)44-41(52)10-11-42(45(44)53)57-68(66,67)61-18-15-35(51)25-61/h4-11,19-22,30-31,35,43,57H,1,3,12-18,23-28H2,2H3,(H,54,55)(H,56,64)/t30-,35+,43?/m0/s1. The van der Waals surface area contributed by atoms with Crippen LogP contribution in [0.3, 0.4) is 0 Å². The minimum Gasteiger partial charge on any atom is -0.372 e. The molecule has 354 valence electrons. The number of H-pyrrole nitrogens is 1. The number of hydrogen-bond donors (Lipinski definition) is 3. The molecule has 0 bridgehead atoms. The number of piperidine rings is 2.